The SMILES string of the molecule is CCCCCNC(=O)[C@]1(C/C=C/c2ccccc2)N=C(c2ccc(OCCCO)cc2)O[C@@H]1c1ccccc1N=[N+]=[N-]. The number of carbonyl (C=O) groups excluding carboxylic acids is 1. The molecule has 42 heavy (non-hydrogen) atoms. The number of unbranched alkanes of at least 4 members (excludes halogenated alkanes) is 2. The highest BCUT2D eigenvalue weighted by molar-refractivity contribution is 6.01. The molecule has 0 radical (unpaired) electrons. The van der Waals surface area contributed by atoms with Crippen LogP contribution in [0.15, 0.2) is 95.0 Å². The maximum absolute atomic E-state index is 14.1. The highest BCUT2D eigenvalue weighted by Gasteiger charge is 2.53. The van der Waals surface area contributed by atoms with Crippen molar-refractivity contribution in [3.05, 3.63) is 112 Å². The van der Waals surface area contributed by atoms with Gasteiger partial charge in [0.15, 0.2) is 11.6 Å². The zero-order valence-corrected chi connectivity index (χ0v) is 23.9. The van der Waals surface area contributed by atoms with Crippen LogP contribution in [0.3, 0.4) is 0 Å². The molecule has 0 saturated carbocycles. The van der Waals surface area contributed by atoms with E-state index in [9.17, 15) is 10.3 Å². The largest absolute Gasteiger partial charge is 0.494 e. The number of aliphatic hydroxyl groups excluding tert-OH is 1. The maximum atomic E-state index is 14.1. The second-order valence-corrected chi connectivity index (χ2v) is 10.0. The predicted octanol–water partition coefficient (Wildman–Crippen LogP) is 7.06. The van der Waals surface area contributed by atoms with Crippen LogP contribution < -0.4 is 10.1 Å². The van der Waals surface area contributed by atoms with E-state index < -0.39 is 11.6 Å². The summed E-state index contributed by atoms with van der Waals surface area (Å²) >= 11 is 0. The summed E-state index contributed by atoms with van der Waals surface area (Å²) in [4.78, 5) is 22.1. The van der Waals surface area contributed by atoms with Gasteiger partial charge in [-0.1, -0.05) is 91.6 Å². The second-order valence-electron chi connectivity index (χ2n) is 10.0. The number of benzene rings is 3. The quantitative estimate of drug-likeness (QED) is 0.0881. The number of amides is 1. The molecular weight excluding hydrogens is 530 g/mol. The molecule has 4 rings (SSSR count). The summed E-state index contributed by atoms with van der Waals surface area (Å²) in [6.45, 7) is 3.10. The van der Waals surface area contributed by atoms with E-state index in [-0.39, 0.29) is 18.9 Å². The molecule has 9 heteroatoms. The molecule has 0 fully saturated rings. The average molecular weight is 568 g/mol. The first-order valence-electron chi connectivity index (χ1n) is 14.4. The molecule has 0 aliphatic carbocycles. The molecule has 0 bridgehead atoms. The van der Waals surface area contributed by atoms with Gasteiger partial charge in [0.25, 0.3) is 5.91 Å². The average Bonchev–Trinajstić information content (AvgIpc) is 3.41. The fourth-order valence-corrected chi connectivity index (χ4v) is 4.81. The molecule has 2 atom stereocenters. The summed E-state index contributed by atoms with van der Waals surface area (Å²) in [6.07, 6.45) is 6.75. The summed E-state index contributed by atoms with van der Waals surface area (Å²) in [5.74, 6) is 0.715. The molecule has 218 valence electrons. The topological polar surface area (TPSA) is 129 Å². The zero-order chi connectivity index (χ0) is 29.6. The molecule has 1 amide bonds. The predicted molar refractivity (Wildman–Crippen MR) is 165 cm³/mol. The van der Waals surface area contributed by atoms with Crippen LogP contribution in [0.1, 0.15) is 61.8 Å². The Morgan fingerprint density at radius 1 is 1.10 bits per heavy atom. The summed E-state index contributed by atoms with van der Waals surface area (Å²) in [5.41, 5.74) is 10.6. The van der Waals surface area contributed by atoms with Gasteiger partial charge in [0.2, 0.25) is 5.90 Å². The molecule has 1 aliphatic heterocycles. The number of aliphatic hydroxyl groups is 1. The molecule has 0 saturated heterocycles. The van der Waals surface area contributed by atoms with Crippen molar-refractivity contribution in [1.82, 2.24) is 5.32 Å². The van der Waals surface area contributed by atoms with E-state index in [2.05, 4.69) is 22.3 Å². The van der Waals surface area contributed by atoms with E-state index in [1.165, 1.54) is 0 Å². The Morgan fingerprint density at radius 3 is 2.60 bits per heavy atom. The molecule has 3 aromatic carbocycles. The van der Waals surface area contributed by atoms with E-state index in [1.54, 1.807) is 12.1 Å². The Morgan fingerprint density at radius 2 is 1.86 bits per heavy atom. The van der Waals surface area contributed by atoms with Gasteiger partial charge in [-0.05, 0) is 41.8 Å². The van der Waals surface area contributed by atoms with E-state index in [1.807, 2.05) is 78.9 Å². The third-order valence-corrected chi connectivity index (χ3v) is 7.01. The molecule has 0 aromatic heterocycles. The summed E-state index contributed by atoms with van der Waals surface area (Å²) in [7, 11) is 0. The van der Waals surface area contributed by atoms with Crippen LogP contribution in [0.2, 0.25) is 0 Å². The minimum atomic E-state index is -1.36. The Labute approximate surface area is 246 Å². The monoisotopic (exact) mass is 567 g/mol. The molecular formula is C33H37N5O4. The molecule has 3 aromatic rings. The van der Waals surface area contributed by atoms with Crippen molar-refractivity contribution >= 4 is 23.6 Å². The normalized spacial score (nSPS) is 17.8. The third kappa shape index (κ3) is 7.57. The third-order valence-electron chi connectivity index (χ3n) is 7.01. The fourth-order valence-electron chi connectivity index (χ4n) is 4.81. The summed E-state index contributed by atoms with van der Waals surface area (Å²) in [6, 6.07) is 24.3. The smallest absolute Gasteiger partial charge is 0.252 e. The number of nitrogens with one attached hydrogen (secondary N) is 1. The number of azide groups is 1. The minimum Gasteiger partial charge on any atom is -0.494 e. The number of nitrogens with zero attached hydrogens (tertiary/aromatic N) is 4. The lowest BCUT2D eigenvalue weighted by Crippen LogP contribution is -2.48. The first-order chi connectivity index (χ1) is 20.6. The molecule has 2 N–H and O–H groups in total. The fraction of sp³-hybridized carbons (Fsp3) is 0.333. The Hall–Kier alpha value is -4.59. The molecule has 0 unspecified atom stereocenters. The number of aliphatic imine (C=N–C) groups is 1. The van der Waals surface area contributed by atoms with Gasteiger partial charge in [0, 0.05) is 47.7 Å². The highest BCUT2D eigenvalue weighted by atomic mass is 16.5. The number of hydrogen-bond acceptors (Lipinski definition) is 6. The van der Waals surface area contributed by atoms with E-state index in [0.29, 0.717) is 48.0 Å². The van der Waals surface area contributed by atoms with Crippen molar-refractivity contribution in [3.63, 3.8) is 0 Å². The molecule has 1 heterocycles. The second kappa shape index (κ2) is 15.4. The van der Waals surface area contributed by atoms with E-state index in [0.717, 1.165) is 24.8 Å². The lowest BCUT2D eigenvalue weighted by Gasteiger charge is -2.30. The number of carbonyl (C=O) groups is 1. The summed E-state index contributed by atoms with van der Waals surface area (Å²) < 4.78 is 12.2. The summed E-state index contributed by atoms with van der Waals surface area (Å²) in [5, 5.41) is 16.0. The lowest BCUT2D eigenvalue weighted by molar-refractivity contribution is -0.128. The van der Waals surface area contributed by atoms with Crippen LogP contribution in [-0.2, 0) is 9.53 Å². The van der Waals surface area contributed by atoms with Crippen LogP contribution in [0.25, 0.3) is 16.5 Å². The van der Waals surface area contributed by atoms with Gasteiger partial charge < -0.3 is 19.9 Å². The first kappa shape index (κ1) is 30.4. The van der Waals surface area contributed by atoms with Crippen LogP contribution >= 0.6 is 0 Å². The van der Waals surface area contributed by atoms with Crippen LogP contribution in [0.5, 0.6) is 5.75 Å². The van der Waals surface area contributed by atoms with Gasteiger partial charge in [-0.15, -0.1) is 0 Å². The van der Waals surface area contributed by atoms with Crippen LogP contribution in [0.4, 0.5) is 5.69 Å². The van der Waals surface area contributed by atoms with Crippen molar-refractivity contribution in [2.75, 3.05) is 19.8 Å². The van der Waals surface area contributed by atoms with Crippen molar-refractivity contribution < 1.29 is 19.4 Å². The number of hydrogen-bond donors (Lipinski definition) is 2. The van der Waals surface area contributed by atoms with Gasteiger partial charge >= 0.3 is 0 Å². The van der Waals surface area contributed by atoms with E-state index >= 15 is 0 Å². The van der Waals surface area contributed by atoms with Gasteiger partial charge in [0.1, 0.15) is 5.75 Å². The minimum absolute atomic E-state index is 0.0583. The number of ether oxygens (including phenoxy) is 2. The van der Waals surface area contributed by atoms with Gasteiger partial charge in [-0.3, -0.25) is 4.79 Å². The van der Waals surface area contributed by atoms with Crippen molar-refractivity contribution in [2.24, 2.45) is 10.1 Å². The van der Waals surface area contributed by atoms with Gasteiger partial charge in [-0.2, -0.15) is 0 Å². The molecule has 1 aliphatic rings. The first-order valence-corrected chi connectivity index (χ1v) is 14.4. The van der Waals surface area contributed by atoms with Gasteiger partial charge in [0.05, 0.1) is 6.61 Å². The number of rotatable bonds is 15. The van der Waals surface area contributed by atoms with Crippen molar-refractivity contribution in [3.8, 4) is 5.75 Å². The van der Waals surface area contributed by atoms with Crippen molar-refractivity contribution in [1.29, 1.82) is 0 Å². The lowest BCUT2D eigenvalue weighted by atomic mass is 9.83. The molecule has 9 nitrogen and oxygen atoms in total. The van der Waals surface area contributed by atoms with Crippen LogP contribution in [-0.4, -0.2) is 42.2 Å². The molecule has 0 spiro atoms. The standard InChI is InChI=1S/C33H37N5O4/c1-2-3-9-22-35-32(40)33(21-10-14-25-12-5-4-6-13-25)30(28-15-7-8-16-29(28)37-38-34)42-31(36-33)26-17-19-27(20-18-26)41-24-11-23-39/h4-8,10,12-20,30,39H,2-3,9,11,21-24H2,1H3,(H,35,40)/b14-10+/t30-,33-/m1/s1. The van der Waals surface area contributed by atoms with Crippen LogP contribution in [0, 0.1) is 0 Å². The maximum Gasteiger partial charge on any atom is 0.252 e. The Balaban J connectivity index is 1.76. The highest BCUT2D eigenvalue weighted by Crippen LogP contribution is 2.45. The zero-order valence-electron chi connectivity index (χ0n) is 23.9. The van der Waals surface area contributed by atoms with E-state index in [4.69, 9.17) is 19.6 Å². The van der Waals surface area contributed by atoms with Crippen molar-refractivity contribution in [2.45, 2.75) is 50.7 Å². The Bertz CT molecular complexity index is 1420. The van der Waals surface area contributed by atoms with Gasteiger partial charge in [-0.25, -0.2) is 4.99 Å². The Kier molecular flexibility index (Phi) is 11.2.